The molecule has 1 N–H and O–H groups in total. The molecule has 0 saturated heterocycles. The maximum atomic E-state index is 10.7. The minimum absolute atomic E-state index is 0. The summed E-state index contributed by atoms with van der Waals surface area (Å²) in [6, 6.07) is 4.60. The van der Waals surface area contributed by atoms with E-state index in [0.29, 0.717) is 4.47 Å². The average molecular weight is 288 g/mol. The van der Waals surface area contributed by atoms with E-state index < -0.39 is 10.1 Å². The summed E-state index contributed by atoms with van der Waals surface area (Å²) in [5.41, 5.74) is 0.925. The van der Waals surface area contributed by atoms with Gasteiger partial charge in [0.2, 0.25) is 0 Å². The minimum atomic E-state index is -4.10. The molecule has 1 rings (SSSR count). The maximum absolute atomic E-state index is 10.7. The number of hydrogen-bond donors (Lipinski definition) is 1. The van der Waals surface area contributed by atoms with Gasteiger partial charge in [-0.05, 0) is 40.5 Å². The van der Waals surface area contributed by atoms with E-state index in [9.17, 15) is 8.42 Å². The number of benzene rings is 1. The summed E-state index contributed by atoms with van der Waals surface area (Å²) < 4.78 is 30.5. The highest BCUT2D eigenvalue weighted by atomic mass is 79.9. The van der Waals surface area contributed by atoms with Crippen LogP contribution in [-0.4, -0.2) is 13.0 Å². The smallest absolute Gasteiger partial charge is 0.282 e. The first-order valence-corrected chi connectivity index (χ1v) is 5.38. The van der Waals surface area contributed by atoms with Crippen LogP contribution >= 0.6 is 28.3 Å². The highest BCUT2D eigenvalue weighted by molar-refractivity contribution is 9.10. The Hall–Kier alpha value is -0.100. The summed E-state index contributed by atoms with van der Waals surface area (Å²) in [6.45, 7) is 1.83. The molecule has 0 unspecified atom stereocenters. The van der Waals surface area contributed by atoms with Crippen LogP contribution in [0.5, 0.6) is 0 Å². The molecule has 0 bridgehead atoms. The van der Waals surface area contributed by atoms with E-state index in [1.165, 1.54) is 6.07 Å². The summed E-state index contributed by atoms with van der Waals surface area (Å²) in [7, 11) is -4.10. The molecule has 0 amide bonds. The summed E-state index contributed by atoms with van der Waals surface area (Å²) in [6.07, 6.45) is 0. The van der Waals surface area contributed by atoms with Crippen molar-refractivity contribution in [1.82, 2.24) is 0 Å². The van der Waals surface area contributed by atoms with E-state index in [1.807, 2.05) is 6.92 Å². The Morgan fingerprint density at radius 3 is 2.31 bits per heavy atom. The SMILES string of the molecule is Cc1ccc(S(=O)(=O)O)c(Br)c1.Cl. The normalized spacial score (nSPS) is 10.7. The zero-order valence-corrected chi connectivity index (χ0v) is 9.91. The molecular formula is C7H8BrClO3S. The molecule has 0 aliphatic rings. The first-order chi connectivity index (χ1) is 5.41. The van der Waals surface area contributed by atoms with Crippen LogP contribution in [0.1, 0.15) is 5.56 Å². The molecule has 0 aliphatic carbocycles. The molecule has 0 atom stereocenters. The second-order valence-electron chi connectivity index (χ2n) is 2.41. The molecule has 0 fully saturated rings. The molecule has 0 saturated carbocycles. The van der Waals surface area contributed by atoms with Gasteiger partial charge in [-0.25, -0.2) is 0 Å². The van der Waals surface area contributed by atoms with Gasteiger partial charge < -0.3 is 0 Å². The predicted molar refractivity (Wildman–Crippen MR) is 55.9 cm³/mol. The van der Waals surface area contributed by atoms with Crippen LogP contribution in [-0.2, 0) is 10.1 Å². The van der Waals surface area contributed by atoms with Gasteiger partial charge in [0, 0.05) is 4.47 Å². The third-order valence-electron chi connectivity index (χ3n) is 1.37. The second kappa shape index (κ2) is 4.41. The van der Waals surface area contributed by atoms with Gasteiger partial charge in [0.15, 0.2) is 0 Å². The van der Waals surface area contributed by atoms with Crippen molar-refractivity contribution >= 4 is 38.5 Å². The van der Waals surface area contributed by atoms with E-state index in [1.54, 1.807) is 12.1 Å². The Morgan fingerprint density at radius 2 is 1.92 bits per heavy atom. The lowest BCUT2D eigenvalue weighted by Gasteiger charge is -2.00. The molecular weight excluding hydrogens is 279 g/mol. The van der Waals surface area contributed by atoms with Gasteiger partial charge in [0.1, 0.15) is 4.90 Å². The Bertz CT molecular complexity index is 402. The Kier molecular flexibility index (Phi) is 4.38. The lowest BCUT2D eigenvalue weighted by Crippen LogP contribution is -1.98. The summed E-state index contributed by atoms with van der Waals surface area (Å²) >= 11 is 3.04. The average Bonchev–Trinajstić information content (AvgIpc) is 1.83. The van der Waals surface area contributed by atoms with Crippen molar-refractivity contribution in [2.75, 3.05) is 0 Å². The lowest BCUT2D eigenvalue weighted by atomic mass is 10.2. The van der Waals surface area contributed by atoms with Crippen LogP contribution in [0.15, 0.2) is 27.6 Å². The number of aryl methyl sites for hydroxylation is 1. The molecule has 0 aromatic heterocycles. The largest absolute Gasteiger partial charge is 0.295 e. The first-order valence-electron chi connectivity index (χ1n) is 3.15. The highest BCUT2D eigenvalue weighted by Gasteiger charge is 2.12. The molecule has 74 valence electrons. The molecule has 0 aliphatic heterocycles. The fraction of sp³-hybridized carbons (Fsp3) is 0.143. The second-order valence-corrected chi connectivity index (χ2v) is 4.65. The van der Waals surface area contributed by atoms with Gasteiger partial charge in [-0.3, -0.25) is 4.55 Å². The highest BCUT2D eigenvalue weighted by Crippen LogP contribution is 2.22. The van der Waals surface area contributed by atoms with Crippen LogP contribution in [0.3, 0.4) is 0 Å². The first kappa shape index (κ1) is 12.9. The van der Waals surface area contributed by atoms with Gasteiger partial charge in [-0.1, -0.05) is 6.07 Å². The Balaban J connectivity index is 0.00000144. The van der Waals surface area contributed by atoms with Crippen LogP contribution in [0.25, 0.3) is 0 Å². The van der Waals surface area contributed by atoms with Gasteiger partial charge in [-0.15, -0.1) is 12.4 Å². The van der Waals surface area contributed by atoms with Crippen molar-refractivity contribution in [3.63, 3.8) is 0 Å². The third-order valence-corrected chi connectivity index (χ3v) is 3.20. The molecule has 0 radical (unpaired) electrons. The topological polar surface area (TPSA) is 54.4 Å². The molecule has 6 heteroatoms. The van der Waals surface area contributed by atoms with Crippen molar-refractivity contribution in [2.24, 2.45) is 0 Å². The summed E-state index contributed by atoms with van der Waals surface area (Å²) in [5.74, 6) is 0. The van der Waals surface area contributed by atoms with Crippen molar-refractivity contribution in [2.45, 2.75) is 11.8 Å². The van der Waals surface area contributed by atoms with Crippen LogP contribution in [0.2, 0.25) is 0 Å². The lowest BCUT2D eigenvalue weighted by molar-refractivity contribution is 0.482. The molecule has 1 aromatic carbocycles. The molecule has 1 aromatic rings. The number of halogens is 2. The minimum Gasteiger partial charge on any atom is -0.282 e. The van der Waals surface area contributed by atoms with E-state index in [4.69, 9.17) is 4.55 Å². The Labute approximate surface area is 91.4 Å². The van der Waals surface area contributed by atoms with Crippen LogP contribution in [0, 0.1) is 6.92 Å². The van der Waals surface area contributed by atoms with Gasteiger partial charge in [-0.2, -0.15) is 8.42 Å². The standard InChI is InChI=1S/C7H7BrO3S.ClH/c1-5-2-3-7(6(8)4-5)12(9,10)11;/h2-4H,1H3,(H,9,10,11);1H. The van der Waals surface area contributed by atoms with E-state index in [2.05, 4.69) is 15.9 Å². The molecule has 0 heterocycles. The van der Waals surface area contributed by atoms with Crippen molar-refractivity contribution in [1.29, 1.82) is 0 Å². The van der Waals surface area contributed by atoms with Gasteiger partial charge in [0.05, 0.1) is 0 Å². The van der Waals surface area contributed by atoms with E-state index >= 15 is 0 Å². The fourth-order valence-electron chi connectivity index (χ4n) is 0.815. The zero-order valence-electron chi connectivity index (χ0n) is 6.69. The van der Waals surface area contributed by atoms with Gasteiger partial charge in [0.25, 0.3) is 10.1 Å². The zero-order chi connectivity index (χ0) is 9.35. The predicted octanol–water partition coefficient (Wildman–Crippen LogP) is 2.43. The number of rotatable bonds is 1. The van der Waals surface area contributed by atoms with E-state index in [-0.39, 0.29) is 17.3 Å². The molecule has 3 nitrogen and oxygen atoms in total. The van der Waals surface area contributed by atoms with Crippen molar-refractivity contribution in [3.05, 3.63) is 28.2 Å². The quantitative estimate of drug-likeness (QED) is 0.807. The summed E-state index contributed by atoms with van der Waals surface area (Å²) in [4.78, 5) is -0.104. The van der Waals surface area contributed by atoms with E-state index in [0.717, 1.165) is 5.56 Å². The molecule has 0 spiro atoms. The fourth-order valence-corrected chi connectivity index (χ4v) is 2.47. The molecule has 13 heavy (non-hydrogen) atoms. The Morgan fingerprint density at radius 1 is 1.38 bits per heavy atom. The van der Waals surface area contributed by atoms with Crippen LogP contribution < -0.4 is 0 Å². The van der Waals surface area contributed by atoms with Gasteiger partial charge >= 0.3 is 0 Å². The monoisotopic (exact) mass is 286 g/mol. The number of hydrogen-bond acceptors (Lipinski definition) is 2. The third kappa shape index (κ3) is 3.27. The van der Waals surface area contributed by atoms with Crippen molar-refractivity contribution < 1.29 is 13.0 Å². The maximum Gasteiger partial charge on any atom is 0.295 e. The summed E-state index contributed by atoms with van der Waals surface area (Å²) in [5, 5.41) is 0. The van der Waals surface area contributed by atoms with Crippen molar-refractivity contribution in [3.8, 4) is 0 Å². The van der Waals surface area contributed by atoms with Crippen LogP contribution in [0.4, 0.5) is 0 Å².